The molecule has 3 heterocycles. The Balaban J connectivity index is 1.48. The summed E-state index contributed by atoms with van der Waals surface area (Å²) in [6, 6.07) is 10.6. The third kappa shape index (κ3) is 4.09. The zero-order valence-corrected chi connectivity index (χ0v) is 15.2. The molecule has 0 bridgehead atoms. The van der Waals surface area contributed by atoms with Gasteiger partial charge in [0.05, 0.1) is 5.56 Å². The predicted octanol–water partition coefficient (Wildman–Crippen LogP) is 3.53. The Morgan fingerprint density at radius 1 is 1.19 bits per heavy atom. The summed E-state index contributed by atoms with van der Waals surface area (Å²) in [5.74, 6) is 1.48. The Hall–Kier alpha value is -2.93. The number of carbonyl (C=O) groups excluding carboxylic acids is 1. The number of rotatable bonds is 4. The van der Waals surface area contributed by atoms with Gasteiger partial charge in [-0.1, -0.05) is 28.9 Å². The molecule has 0 spiro atoms. The molecule has 1 aliphatic heterocycles. The van der Waals surface area contributed by atoms with E-state index in [1.165, 1.54) is 0 Å². The molecule has 0 aliphatic carbocycles. The second-order valence-corrected chi connectivity index (χ2v) is 6.79. The van der Waals surface area contributed by atoms with Gasteiger partial charge in [-0.2, -0.15) is 4.98 Å². The molecule has 7 nitrogen and oxygen atoms in total. The summed E-state index contributed by atoms with van der Waals surface area (Å²) in [7, 11) is 0. The van der Waals surface area contributed by atoms with Gasteiger partial charge in [-0.3, -0.25) is 4.79 Å². The van der Waals surface area contributed by atoms with Gasteiger partial charge in [-0.25, -0.2) is 4.98 Å². The summed E-state index contributed by atoms with van der Waals surface area (Å²) < 4.78 is 5.34. The highest BCUT2D eigenvalue weighted by Crippen LogP contribution is 2.24. The van der Waals surface area contributed by atoms with E-state index >= 15 is 0 Å². The van der Waals surface area contributed by atoms with E-state index in [1.54, 1.807) is 24.4 Å². The van der Waals surface area contributed by atoms with Crippen molar-refractivity contribution < 1.29 is 9.32 Å². The summed E-state index contributed by atoms with van der Waals surface area (Å²) in [6.45, 7) is 0.732. The van der Waals surface area contributed by atoms with Gasteiger partial charge in [0, 0.05) is 23.3 Å². The molecule has 0 unspecified atom stereocenters. The molecule has 1 aliphatic rings. The van der Waals surface area contributed by atoms with Crippen molar-refractivity contribution in [3.05, 3.63) is 47.6 Å². The lowest BCUT2D eigenvalue weighted by molar-refractivity contribution is -0.121. The van der Waals surface area contributed by atoms with E-state index in [2.05, 4.69) is 25.8 Å². The van der Waals surface area contributed by atoms with E-state index in [1.807, 2.05) is 18.2 Å². The highest BCUT2D eigenvalue weighted by atomic mass is 35.5. The van der Waals surface area contributed by atoms with Gasteiger partial charge in [0.1, 0.15) is 11.9 Å². The van der Waals surface area contributed by atoms with Gasteiger partial charge in [-0.05, 0) is 43.5 Å². The van der Waals surface area contributed by atoms with E-state index < -0.39 is 0 Å². The van der Waals surface area contributed by atoms with Crippen LogP contribution in [0, 0.1) is 0 Å². The average Bonchev–Trinajstić information content (AvgIpc) is 3.09. The number of halogens is 1. The van der Waals surface area contributed by atoms with Crippen LogP contribution in [-0.4, -0.2) is 33.6 Å². The summed E-state index contributed by atoms with van der Waals surface area (Å²) in [5, 5.41) is 10.7. The molecule has 27 heavy (non-hydrogen) atoms. The summed E-state index contributed by atoms with van der Waals surface area (Å²) in [6.07, 6.45) is 4.44. The number of nitrogens with one attached hydrogen (secondary N) is 2. The third-order valence-electron chi connectivity index (χ3n) is 4.38. The summed E-state index contributed by atoms with van der Waals surface area (Å²) in [5.41, 5.74) is 1.48. The first-order valence-corrected chi connectivity index (χ1v) is 9.17. The van der Waals surface area contributed by atoms with Gasteiger partial charge in [-0.15, -0.1) is 0 Å². The normalized spacial score (nSPS) is 17.2. The number of benzene rings is 1. The van der Waals surface area contributed by atoms with Crippen molar-refractivity contribution in [3.63, 3.8) is 0 Å². The van der Waals surface area contributed by atoms with Gasteiger partial charge in [0.15, 0.2) is 0 Å². The molecule has 0 radical (unpaired) electrons. The quantitative estimate of drug-likeness (QED) is 0.715. The van der Waals surface area contributed by atoms with Crippen LogP contribution in [0.1, 0.15) is 19.3 Å². The lowest BCUT2D eigenvalue weighted by Gasteiger charge is -2.15. The SMILES string of the molecule is O=C1NCCCC[C@@H]1Nc1ccc(-c2nc(-c3cccc(Cl)c3)no2)cn1. The molecule has 1 aromatic carbocycles. The molecule has 3 aromatic rings. The Bertz CT molecular complexity index is 941. The molecule has 8 heteroatoms. The van der Waals surface area contributed by atoms with Crippen LogP contribution < -0.4 is 10.6 Å². The minimum Gasteiger partial charge on any atom is -0.358 e. The zero-order valence-electron chi connectivity index (χ0n) is 14.5. The smallest absolute Gasteiger partial charge is 0.259 e. The minimum absolute atomic E-state index is 0.0152. The molecule has 2 aromatic heterocycles. The number of aromatic nitrogens is 3. The van der Waals surface area contributed by atoms with E-state index in [9.17, 15) is 4.79 Å². The fraction of sp³-hybridized carbons (Fsp3) is 0.263. The predicted molar refractivity (Wildman–Crippen MR) is 102 cm³/mol. The fourth-order valence-corrected chi connectivity index (χ4v) is 3.14. The molecule has 1 atom stereocenters. The van der Waals surface area contributed by atoms with E-state index in [0.29, 0.717) is 28.1 Å². The molecule has 0 saturated carbocycles. The topological polar surface area (TPSA) is 92.9 Å². The first-order chi connectivity index (χ1) is 13.2. The first-order valence-electron chi connectivity index (χ1n) is 8.79. The molecule has 4 rings (SSSR count). The van der Waals surface area contributed by atoms with E-state index in [4.69, 9.17) is 16.1 Å². The van der Waals surface area contributed by atoms with Crippen molar-refractivity contribution >= 4 is 23.3 Å². The van der Waals surface area contributed by atoms with Crippen LogP contribution in [0.5, 0.6) is 0 Å². The van der Waals surface area contributed by atoms with Crippen molar-refractivity contribution in [2.24, 2.45) is 0 Å². The monoisotopic (exact) mass is 383 g/mol. The number of hydrogen-bond acceptors (Lipinski definition) is 6. The van der Waals surface area contributed by atoms with Crippen molar-refractivity contribution in [2.75, 3.05) is 11.9 Å². The highest BCUT2D eigenvalue weighted by molar-refractivity contribution is 6.30. The van der Waals surface area contributed by atoms with Crippen LogP contribution >= 0.6 is 11.6 Å². The Kier molecular flexibility index (Phi) is 5.02. The molecule has 138 valence electrons. The fourth-order valence-electron chi connectivity index (χ4n) is 2.95. The number of hydrogen-bond donors (Lipinski definition) is 2. The largest absolute Gasteiger partial charge is 0.358 e. The molecular weight excluding hydrogens is 366 g/mol. The van der Waals surface area contributed by atoms with Crippen LogP contribution in [0.15, 0.2) is 47.1 Å². The second kappa shape index (κ2) is 7.75. The van der Waals surface area contributed by atoms with Crippen LogP contribution in [0.2, 0.25) is 5.02 Å². The standard InChI is InChI=1S/C19H18ClN5O2/c20-14-5-3-4-12(10-14)17-24-19(27-25-17)13-7-8-16(22-11-13)23-15-6-1-2-9-21-18(15)26/h3-5,7-8,10-11,15H,1-2,6,9H2,(H,21,26)(H,22,23)/t15-/m0/s1. The number of pyridine rings is 1. The maximum absolute atomic E-state index is 12.0. The van der Waals surface area contributed by atoms with Crippen LogP contribution in [0.4, 0.5) is 5.82 Å². The lowest BCUT2D eigenvalue weighted by Crippen LogP contribution is -2.38. The Morgan fingerprint density at radius 2 is 2.11 bits per heavy atom. The summed E-state index contributed by atoms with van der Waals surface area (Å²) in [4.78, 5) is 20.8. The minimum atomic E-state index is -0.260. The third-order valence-corrected chi connectivity index (χ3v) is 4.61. The van der Waals surface area contributed by atoms with E-state index in [0.717, 1.165) is 31.4 Å². The van der Waals surface area contributed by atoms with Crippen LogP contribution in [-0.2, 0) is 4.79 Å². The van der Waals surface area contributed by atoms with Crippen molar-refractivity contribution in [3.8, 4) is 22.8 Å². The molecule has 1 amide bonds. The highest BCUT2D eigenvalue weighted by Gasteiger charge is 2.20. The maximum atomic E-state index is 12.0. The molecule has 1 fully saturated rings. The van der Waals surface area contributed by atoms with Crippen molar-refractivity contribution in [2.45, 2.75) is 25.3 Å². The van der Waals surface area contributed by atoms with Crippen molar-refractivity contribution in [1.29, 1.82) is 0 Å². The molecule has 2 N–H and O–H groups in total. The zero-order chi connectivity index (χ0) is 18.6. The first kappa shape index (κ1) is 17.5. The summed E-state index contributed by atoms with van der Waals surface area (Å²) >= 11 is 6.00. The maximum Gasteiger partial charge on any atom is 0.259 e. The van der Waals surface area contributed by atoms with Crippen LogP contribution in [0.25, 0.3) is 22.8 Å². The van der Waals surface area contributed by atoms with Crippen molar-refractivity contribution in [1.82, 2.24) is 20.4 Å². The number of anilines is 1. The Labute approximate surface area is 161 Å². The number of carbonyl (C=O) groups is 1. The van der Waals surface area contributed by atoms with Gasteiger partial charge < -0.3 is 15.2 Å². The lowest BCUT2D eigenvalue weighted by atomic mass is 10.1. The van der Waals surface area contributed by atoms with Gasteiger partial charge in [0.25, 0.3) is 5.89 Å². The average molecular weight is 384 g/mol. The molecular formula is C19H18ClN5O2. The second-order valence-electron chi connectivity index (χ2n) is 6.35. The van der Waals surface area contributed by atoms with Gasteiger partial charge in [0.2, 0.25) is 11.7 Å². The van der Waals surface area contributed by atoms with E-state index in [-0.39, 0.29) is 11.9 Å². The molecule has 1 saturated heterocycles. The van der Waals surface area contributed by atoms with Crippen LogP contribution in [0.3, 0.4) is 0 Å². The van der Waals surface area contributed by atoms with Gasteiger partial charge >= 0.3 is 0 Å². The number of nitrogens with zero attached hydrogens (tertiary/aromatic N) is 3. The number of amides is 1. The Morgan fingerprint density at radius 3 is 2.93 bits per heavy atom.